The van der Waals surface area contributed by atoms with Gasteiger partial charge in [0.05, 0.1) is 6.42 Å². The highest BCUT2D eigenvalue weighted by Crippen LogP contribution is 2.21. The van der Waals surface area contributed by atoms with Gasteiger partial charge in [0.15, 0.2) is 0 Å². The van der Waals surface area contributed by atoms with Crippen molar-refractivity contribution in [3.05, 3.63) is 33.8 Å². The Balaban J connectivity index is 2.82. The highest BCUT2D eigenvalue weighted by atomic mass is 35.5. The number of amides is 1. The molecule has 1 aromatic rings. The maximum absolute atomic E-state index is 11.4. The van der Waals surface area contributed by atoms with Crippen LogP contribution in [-0.4, -0.2) is 24.9 Å². The number of carbonyl (C=O) groups excluding carboxylic acids is 1. The van der Waals surface area contributed by atoms with Crippen LogP contribution in [0.5, 0.6) is 0 Å². The Morgan fingerprint density at radius 3 is 2.50 bits per heavy atom. The monoisotopic (exact) mass is 231 g/mol. The Morgan fingerprint density at radius 2 is 2.00 bits per heavy atom. The summed E-state index contributed by atoms with van der Waals surface area (Å²) >= 11 is 11.7. The maximum atomic E-state index is 11.4. The van der Waals surface area contributed by atoms with E-state index in [1.807, 2.05) is 0 Å². The second-order valence-electron chi connectivity index (χ2n) is 3.20. The van der Waals surface area contributed by atoms with Gasteiger partial charge < -0.3 is 4.90 Å². The van der Waals surface area contributed by atoms with Crippen LogP contribution in [0.3, 0.4) is 0 Å². The summed E-state index contributed by atoms with van der Waals surface area (Å²) in [4.78, 5) is 12.9. The summed E-state index contributed by atoms with van der Waals surface area (Å²) in [5.74, 6) is 0.0224. The number of likely N-dealkylation sites (N-methyl/N-ethyl adjacent to an activating group) is 1. The van der Waals surface area contributed by atoms with Gasteiger partial charge in [-0.15, -0.1) is 0 Å². The molecule has 0 aliphatic heterocycles. The minimum Gasteiger partial charge on any atom is -0.349 e. The SMILES string of the molecule is CN(C)C(=O)Cc1ccc(Cl)cc1Cl. The molecule has 0 fully saturated rings. The van der Waals surface area contributed by atoms with Crippen LogP contribution < -0.4 is 0 Å². The summed E-state index contributed by atoms with van der Waals surface area (Å²) in [5.41, 5.74) is 0.801. The van der Waals surface area contributed by atoms with E-state index in [1.54, 1.807) is 32.3 Å². The topological polar surface area (TPSA) is 20.3 Å². The average Bonchev–Trinajstić information content (AvgIpc) is 2.09. The third-order valence-electron chi connectivity index (χ3n) is 1.86. The summed E-state index contributed by atoms with van der Waals surface area (Å²) in [6.45, 7) is 0. The van der Waals surface area contributed by atoms with Gasteiger partial charge >= 0.3 is 0 Å². The molecule has 0 aliphatic rings. The molecule has 0 spiro atoms. The van der Waals surface area contributed by atoms with Gasteiger partial charge in [-0.3, -0.25) is 4.79 Å². The van der Waals surface area contributed by atoms with E-state index in [4.69, 9.17) is 23.2 Å². The fraction of sp³-hybridized carbons (Fsp3) is 0.300. The molecule has 0 aromatic heterocycles. The van der Waals surface area contributed by atoms with Gasteiger partial charge in [0.25, 0.3) is 0 Å². The van der Waals surface area contributed by atoms with Gasteiger partial charge in [-0.1, -0.05) is 29.3 Å². The second kappa shape index (κ2) is 4.67. The Hall–Kier alpha value is -0.730. The van der Waals surface area contributed by atoms with Crippen LogP contribution in [0.2, 0.25) is 10.0 Å². The van der Waals surface area contributed by atoms with Crippen LogP contribution in [0.1, 0.15) is 5.56 Å². The van der Waals surface area contributed by atoms with E-state index in [0.717, 1.165) is 5.56 Å². The third-order valence-corrected chi connectivity index (χ3v) is 2.44. The van der Waals surface area contributed by atoms with E-state index in [9.17, 15) is 4.79 Å². The first-order valence-electron chi connectivity index (χ1n) is 4.15. The summed E-state index contributed by atoms with van der Waals surface area (Å²) in [5, 5.41) is 1.11. The van der Waals surface area contributed by atoms with Crippen molar-refractivity contribution in [2.45, 2.75) is 6.42 Å². The Kier molecular flexibility index (Phi) is 3.78. The van der Waals surface area contributed by atoms with Crippen molar-refractivity contribution < 1.29 is 4.79 Å². The third kappa shape index (κ3) is 2.89. The predicted molar refractivity (Wildman–Crippen MR) is 58.9 cm³/mol. The first-order chi connectivity index (χ1) is 6.50. The standard InChI is InChI=1S/C10H11Cl2NO/c1-13(2)10(14)5-7-3-4-8(11)6-9(7)12/h3-4,6H,5H2,1-2H3. The average molecular weight is 232 g/mol. The number of rotatable bonds is 2. The van der Waals surface area contributed by atoms with Gasteiger partial charge in [0.2, 0.25) is 5.91 Å². The minimum atomic E-state index is 0.0224. The molecule has 0 saturated carbocycles. The fourth-order valence-electron chi connectivity index (χ4n) is 0.986. The molecule has 0 radical (unpaired) electrons. The van der Waals surface area contributed by atoms with E-state index in [2.05, 4.69) is 0 Å². The summed E-state index contributed by atoms with van der Waals surface area (Å²) in [7, 11) is 3.43. The molecule has 1 aromatic carbocycles. The Labute approximate surface area is 93.4 Å². The molecule has 0 heterocycles. The zero-order chi connectivity index (χ0) is 10.7. The Morgan fingerprint density at radius 1 is 1.36 bits per heavy atom. The molecule has 0 bridgehead atoms. The molecule has 0 aliphatic carbocycles. The van der Waals surface area contributed by atoms with E-state index in [0.29, 0.717) is 16.5 Å². The molecule has 14 heavy (non-hydrogen) atoms. The highest BCUT2D eigenvalue weighted by Gasteiger charge is 2.08. The number of halogens is 2. The smallest absolute Gasteiger partial charge is 0.226 e. The summed E-state index contributed by atoms with van der Waals surface area (Å²) in [6, 6.07) is 5.14. The van der Waals surface area contributed by atoms with Crippen molar-refractivity contribution in [3.8, 4) is 0 Å². The molecule has 2 nitrogen and oxygen atoms in total. The van der Waals surface area contributed by atoms with Gasteiger partial charge in [0.1, 0.15) is 0 Å². The van der Waals surface area contributed by atoms with Crippen LogP contribution in [0.4, 0.5) is 0 Å². The van der Waals surface area contributed by atoms with Crippen LogP contribution in [0, 0.1) is 0 Å². The van der Waals surface area contributed by atoms with Gasteiger partial charge in [-0.2, -0.15) is 0 Å². The number of carbonyl (C=O) groups is 1. The summed E-state index contributed by atoms with van der Waals surface area (Å²) < 4.78 is 0. The molecular weight excluding hydrogens is 221 g/mol. The largest absolute Gasteiger partial charge is 0.349 e. The van der Waals surface area contributed by atoms with Crippen molar-refractivity contribution in [2.75, 3.05) is 14.1 Å². The molecule has 1 amide bonds. The normalized spacial score (nSPS) is 10.0. The molecule has 1 rings (SSSR count). The lowest BCUT2D eigenvalue weighted by Crippen LogP contribution is -2.23. The lowest BCUT2D eigenvalue weighted by atomic mass is 10.1. The van der Waals surface area contributed by atoms with Gasteiger partial charge in [0, 0.05) is 24.1 Å². The summed E-state index contributed by atoms with van der Waals surface area (Å²) in [6.07, 6.45) is 0.309. The first-order valence-corrected chi connectivity index (χ1v) is 4.90. The molecule has 76 valence electrons. The second-order valence-corrected chi connectivity index (χ2v) is 4.04. The molecule has 0 N–H and O–H groups in total. The molecule has 0 atom stereocenters. The van der Waals surface area contributed by atoms with Crippen molar-refractivity contribution in [2.24, 2.45) is 0 Å². The number of hydrogen-bond acceptors (Lipinski definition) is 1. The molecule has 0 saturated heterocycles. The van der Waals surface area contributed by atoms with E-state index in [1.165, 1.54) is 4.90 Å². The van der Waals surface area contributed by atoms with Crippen molar-refractivity contribution in [3.63, 3.8) is 0 Å². The van der Waals surface area contributed by atoms with Crippen LogP contribution in [0.15, 0.2) is 18.2 Å². The van der Waals surface area contributed by atoms with Crippen molar-refractivity contribution in [1.29, 1.82) is 0 Å². The minimum absolute atomic E-state index is 0.0224. The lowest BCUT2D eigenvalue weighted by Gasteiger charge is -2.10. The van der Waals surface area contributed by atoms with E-state index >= 15 is 0 Å². The molecular formula is C10H11Cl2NO. The number of benzene rings is 1. The van der Waals surface area contributed by atoms with E-state index < -0.39 is 0 Å². The van der Waals surface area contributed by atoms with Gasteiger partial charge in [-0.05, 0) is 17.7 Å². The lowest BCUT2D eigenvalue weighted by molar-refractivity contribution is -0.127. The quantitative estimate of drug-likeness (QED) is 0.767. The van der Waals surface area contributed by atoms with Crippen LogP contribution in [-0.2, 0) is 11.2 Å². The highest BCUT2D eigenvalue weighted by molar-refractivity contribution is 6.35. The van der Waals surface area contributed by atoms with E-state index in [-0.39, 0.29) is 5.91 Å². The zero-order valence-corrected chi connectivity index (χ0v) is 9.56. The molecule has 0 unspecified atom stereocenters. The van der Waals surface area contributed by atoms with Crippen molar-refractivity contribution >= 4 is 29.1 Å². The number of hydrogen-bond donors (Lipinski definition) is 0. The zero-order valence-electron chi connectivity index (χ0n) is 8.05. The van der Waals surface area contributed by atoms with Crippen LogP contribution in [0.25, 0.3) is 0 Å². The fourth-order valence-corrected chi connectivity index (χ4v) is 1.46. The Bertz CT molecular complexity index is 350. The predicted octanol–water partition coefficient (Wildman–Crippen LogP) is 2.62. The number of nitrogens with zero attached hydrogens (tertiary/aromatic N) is 1. The first kappa shape index (κ1) is 11.3. The maximum Gasteiger partial charge on any atom is 0.226 e. The van der Waals surface area contributed by atoms with Gasteiger partial charge in [-0.25, -0.2) is 0 Å². The molecule has 4 heteroatoms. The van der Waals surface area contributed by atoms with Crippen LogP contribution >= 0.6 is 23.2 Å². The van der Waals surface area contributed by atoms with Crippen molar-refractivity contribution in [1.82, 2.24) is 4.90 Å².